The smallest absolute Gasteiger partial charge is 0.294 e. The average molecular weight is 1020 g/mol. The van der Waals surface area contributed by atoms with Crippen LogP contribution in [0.1, 0.15) is 115 Å². The van der Waals surface area contributed by atoms with Crippen LogP contribution in [0, 0.1) is 0 Å². The molecule has 2 aromatic carbocycles. The molecule has 0 aromatic heterocycles. The molecule has 1 aliphatic carbocycles. The minimum atomic E-state index is -4.55. The van der Waals surface area contributed by atoms with Crippen molar-refractivity contribution in [3.63, 3.8) is 0 Å². The van der Waals surface area contributed by atoms with E-state index in [9.17, 15) is 40.3 Å². The highest BCUT2D eigenvalue weighted by Crippen LogP contribution is 2.51. The van der Waals surface area contributed by atoms with E-state index in [0.717, 1.165) is 54.9 Å². The summed E-state index contributed by atoms with van der Waals surface area (Å²) in [6.45, 7) is 8.23. The summed E-state index contributed by atoms with van der Waals surface area (Å²) in [5.74, 6) is -1.40. The van der Waals surface area contributed by atoms with Crippen LogP contribution >= 0.6 is 0 Å². The van der Waals surface area contributed by atoms with Gasteiger partial charge in [-0.1, -0.05) is 130 Å². The normalized spacial score (nSPS) is 21.4. The molecule has 2 aromatic rings. The molecule has 0 spiro atoms. The van der Waals surface area contributed by atoms with Gasteiger partial charge in [0.15, 0.2) is 5.71 Å². The van der Waals surface area contributed by atoms with E-state index in [1.54, 1.807) is 6.07 Å². The zero-order valence-corrected chi connectivity index (χ0v) is 43.6. The standard InChI is InChI=1S/C57H70N4O9S2/c1-4-5-20-37-56(2)47-28-18-19-29-49(47)60(41-24-27-45-25-13-8-6-9-14-26-45)51(56)30-15-10-7-11-16-31-52-57(3,38-21-23-43-71(65,66)67)48-44-46(72(68,69)70)33-34-50(48)59(52)40-22-12-17-32-53(62)58-39-42-61-54(63)35-36-55(61)64/h6-11,13-16,18-19,25-26,28-31,33-36,44H,4-5,12,17,20-24,27,32,37-43H2,1-3H3,(H2-,58,62,65,66,67,68,69,70)/p+1/b8-6-,9-6?,13-8?,14-9-,25-13?,26-14?,45-25?,45-26?. The Bertz CT molecular complexity index is 2850. The number of hydrogen-bond donors (Lipinski definition) is 3. The van der Waals surface area contributed by atoms with Crippen LogP contribution in [0.4, 0.5) is 11.4 Å². The van der Waals surface area contributed by atoms with Crippen molar-refractivity contribution in [3.05, 3.63) is 162 Å². The molecule has 3 aliphatic heterocycles. The molecule has 0 fully saturated rings. The van der Waals surface area contributed by atoms with Crippen molar-refractivity contribution in [2.24, 2.45) is 0 Å². The average Bonchev–Trinajstić information content (AvgIpc) is 3.86. The third kappa shape index (κ3) is 14.6. The van der Waals surface area contributed by atoms with Gasteiger partial charge >= 0.3 is 0 Å². The molecule has 6 rings (SSSR count). The third-order valence-corrected chi connectivity index (χ3v) is 15.6. The van der Waals surface area contributed by atoms with Gasteiger partial charge in [0.25, 0.3) is 32.1 Å². The van der Waals surface area contributed by atoms with Crippen LogP contribution in [0.2, 0.25) is 0 Å². The molecular weight excluding hydrogens is 949 g/mol. The Hall–Kier alpha value is -6.00. The summed E-state index contributed by atoms with van der Waals surface area (Å²) < 4.78 is 70.3. The number of amides is 3. The maximum absolute atomic E-state index is 12.6. The largest absolute Gasteiger partial charge is 0.354 e. The van der Waals surface area contributed by atoms with Crippen molar-refractivity contribution in [1.29, 1.82) is 0 Å². The number of anilines is 1. The number of nitrogens with zero attached hydrogens (tertiary/aromatic N) is 3. The second-order valence-electron chi connectivity index (χ2n) is 19.2. The molecule has 3 amide bonds. The van der Waals surface area contributed by atoms with Gasteiger partial charge in [-0.3, -0.25) is 28.4 Å². The van der Waals surface area contributed by atoms with Gasteiger partial charge in [0, 0.05) is 79.1 Å². The Kier molecular flexibility index (Phi) is 19.7. The van der Waals surface area contributed by atoms with Crippen LogP contribution < -0.4 is 10.2 Å². The maximum Gasteiger partial charge on any atom is 0.294 e. The van der Waals surface area contributed by atoms with E-state index >= 15 is 0 Å². The molecule has 0 saturated carbocycles. The highest BCUT2D eigenvalue weighted by atomic mass is 32.2. The molecule has 384 valence electrons. The number of benzene rings is 2. The molecule has 3 N–H and O–H groups in total. The Morgan fingerprint density at radius 1 is 0.722 bits per heavy atom. The molecule has 72 heavy (non-hydrogen) atoms. The lowest BCUT2D eigenvalue weighted by Crippen LogP contribution is -2.38. The number of carbonyl (C=O) groups is 3. The minimum Gasteiger partial charge on any atom is -0.354 e. The lowest BCUT2D eigenvalue weighted by Gasteiger charge is -2.30. The number of nitrogens with one attached hydrogen (secondary N) is 1. The Labute approximate surface area is 427 Å². The van der Waals surface area contributed by atoms with Gasteiger partial charge in [0.2, 0.25) is 11.6 Å². The quantitative estimate of drug-likeness (QED) is 0.0256. The number of imide groups is 1. The number of allylic oxidation sites excluding steroid dienone is 16. The van der Waals surface area contributed by atoms with E-state index < -0.39 is 43.2 Å². The zero-order chi connectivity index (χ0) is 51.8. The van der Waals surface area contributed by atoms with E-state index in [-0.39, 0.29) is 42.1 Å². The Morgan fingerprint density at radius 2 is 1.43 bits per heavy atom. The van der Waals surface area contributed by atoms with Crippen molar-refractivity contribution >= 4 is 55.0 Å². The lowest BCUT2D eigenvalue weighted by molar-refractivity contribution is -0.438. The van der Waals surface area contributed by atoms with Crippen LogP contribution in [0.5, 0.6) is 0 Å². The highest BCUT2D eigenvalue weighted by Gasteiger charge is 2.47. The first-order chi connectivity index (χ1) is 34.5. The molecule has 2 unspecified atom stereocenters. The molecule has 0 saturated heterocycles. The van der Waals surface area contributed by atoms with E-state index in [2.05, 4.69) is 102 Å². The zero-order valence-electron chi connectivity index (χ0n) is 41.9. The van der Waals surface area contributed by atoms with Crippen LogP contribution in [0.15, 0.2) is 156 Å². The molecule has 15 heteroatoms. The summed E-state index contributed by atoms with van der Waals surface area (Å²) in [4.78, 5) is 39.3. The second-order valence-corrected chi connectivity index (χ2v) is 22.2. The SMILES string of the molecule is CCCCCC1(C)C(/C=C/C=C/C=C/C=C2/N(CCCCCC(=O)NCCN3C(=O)C=CC3=O)c3ccc(S(=O)(=O)O)cc3C2(C)CCCCS(=O)(=O)O)=[N+](CCCC2=C/C=C\C=C/C=C2)c2ccccc21. The monoisotopic (exact) mass is 1020 g/mol. The Balaban J connectivity index is 1.22. The van der Waals surface area contributed by atoms with Gasteiger partial charge in [0.05, 0.1) is 16.1 Å². The van der Waals surface area contributed by atoms with Gasteiger partial charge in [0.1, 0.15) is 6.54 Å². The van der Waals surface area contributed by atoms with Crippen LogP contribution in [0.3, 0.4) is 0 Å². The lowest BCUT2D eigenvalue weighted by atomic mass is 9.75. The fourth-order valence-electron chi connectivity index (χ4n) is 10.2. The number of carbonyl (C=O) groups excluding carboxylic acids is 3. The molecule has 13 nitrogen and oxygen atoms in total. The number of fused-ring (bicyclic) bond motifs is 2. The summed E-state index contributed by atoms with van der Waals surface area (Å²) in [6.07, 6.45) is 40.9. The topological polar surface area (TPSA) is 181 Å². The Morgan fingerprint density at radius 3 is 2.19 bits per heavy atom. The number of rotatable bonds is 27. The predicted molar refractivity (Wildman–Crippen MR) is 287 cm³/mol. The number of unbranched alkanes of at least 4 members (excludes halogenated alkanes) is 5. The highest BCUT2D eigenvalue weighted by molar-refractivity contribution is 7.86. The first kappa shape index (κ1) is 55.3. The van der Waals surface area contributed by atoms with E-state index in [4.69, 9.17) is 0 Å². The van der Waals surface area contributed by atoms with Gasteiger partial charge in [-0.25, -0.2) is 0 Å². The third-order valence-electron chi connectivity index (χ3n) is 14.0. The van der Waals surface area contributed by atoms with Gasteiger partial charge in [-0.05, 0) is 87.8 Å². The maximum atomic E-state index is 12.6. The summed E-state index contributed by atoms with van der Waals surface area (Å²) in [5, 5.41) is 2.78. The summed E-state index contributed by atoms with van der Waals surface area (Å²) in [7, 11) is -8.75. The van der Waals surface area contributed by atoms with E-state index in [0.29, 0.717) is 44.2 Å². The molecule has 4 aliphatic rings. The van der Waals surface area contributed by atoms with Crippen LogP contribution in [-0.4, -0.2) is 90.8 Å². The van der Waals surface area contributed by atoms with Gasteiger partial charge < -0.3 is 10.2 Å². The van der Waals surface area contributed by atoms with Crippen LogP contribution in [-0.2, 0) is 45.4 Å². The summed E-state index contributed by atoms with van der Waals surface area (Å²) >= 11 is 0. The molecular formula is C57H71N4O9S2+. The summed E-state index contributed by atoms with van der Waals surface area (Å²) in [5.41, 5.74) is 6.49. The first-order valence-electron chi connectivity index (χ1n) is 25.3. The first-order valence-corrected chi connectivity index (χ1v) is 28.3. The van der Waals surface area contributed by atoms with E-state index in [1.807, 2.05) is 43.4 Å². The fraction of sp³-hybridized carbons (Fsp3) is 0.404. The predicted octanol–water partition coefficient (Wildman–Crippen LogP) is 10.2. The van der Waals surface area contributed by atoms with Crippen molar-refractivity contribution in [3.8, 4) is 0 Å². The van der Waals surface area contributed by atoms with Crippen LogP contribution in [0.25, 0.3) is 0 Å². The number of hydrogen-bond acceptors (Lipinski definition) is 8. The van der Waals surface area contributed by atoms with Crippen molar-refractivity contribution < 1.29 is 44.9 Å². The van der Waals surface area contributed by atoms with E-state index in [1.165, 1.54) is 53.2 Å². The van der Waals surface area contributed by atoms with Gasteiger partial charge in [-0.15, -0.1) is 0 Å². The summed E-state index contributed by atoms with van der Waals surface area (Å²) in [6, 6.07) is 13.3. The minimum absolute atomic E-state index is 0.0927. The molecule has 0 radical (unpaired) electrons. The van der Waals surface area contributed by atoms with Crippen molar-refractivity contribution in [1.82, 2.24) is 10.2 Å². The second kappa shape index (κ2) is 25.6. The number of para-hydroxylation sites is 1. The molecule has 0 bridgehead atoms. The van der Waals surface area contributed by atoms with Crippen molar-refractivity contribution in [2.45, 2.75) is 120 Å². The van der Waals surface area contributed by atoms with Crippen molar-refractivity contribution in [2.75, 3.05) is 36.8 Å². The molecule has 3 heterocycles. The molecule has 2 atom stereocenters. The van der Waals surface area contributed by atoms with Gasteiger partial charge in [-0.2, -0.15) is 21.4 Å². The fourth-order valence-corrected chi connectivity index (χ4v) is 11.3.